The molecule has 0 spiro atoms. The van der Waals surface area contributed by atoms with Gasteiger partial charge in [-0.05, 0) is 29.8 Å². The number of fused-ring (bicyclic) bond motifs is 1. The molecule has 2 unspecified atom stereocenters. The SMILES string of the molecule is N#CC1Oc2ccc(Br)cc2C1NC(=O)/C=C/c1ccccc1. The van der Waals surface area contributed by atoms with Gasteiger partial charge < -0.3 is 10.1 Å². The Labute approximate surface area is 142 Å². The van der Waals surface area contributed by atoms with E-state index < -0.39 is 12.1 Å². The second kappa shape index (κ2) is 6.67. The van der Waals surface area contributed by atoms with Gasteiger partial charge in [-0.15, -0.1) is 0 Å². The van der Waals surface area contributed by atoms with Gasteiger partial charge in [0.1, 0.15) is 17.9 Å². The van der Waals surface area contributed by atoms with Gasteiger partial charge in [-0.25, -0.2) is 0 Å². The quantitative estimate of drug-likeness (QED) is 0.841. The lowest BCUT2D eigenvalue weighted by Crippen LogP contribution is -2.33. The van der Waals surface area contributed by atoms with E-state index >= 15 is 0 Å². The molecule has 114 valence electrons. The van der Waals surface area contributed by atoms with Crippen LogP contribution in [-0.4, -0.2) is 12.0 Å². The molecule has 2 atom stereocenters. The van der Waals surface area contributed by atoms with E-state index in [1.807, 2.05) is 42.5 Å². The monoisotopic (exact) mass is 368 g/mol. The largest absolute Gasteiger partial charge is 0.473 e. The van der Waals surface area contributed by atoms with E-state index in [4.69, 9.17) is 4.74 Å². The molecule has 1 heterocycles. The molecule has 0 bridgehead atoms. The topological polar surface area (TPSA) is 62.1 Å². The van der Waals surface area contributed by atoms with Crippen LogP contribution in [0.2, 0.25) is 0 Å². The highest BCUT2D eigenvalue weighted by atomic mass is 79.9. The number of nitrogens with one attached hydrogen (secondary N) is 1. The Morgan fingerprint density at radius 2 is 2.04 bits per heavy atom. The summed E-state index contributed by atoms with van der Waals surface area (Å²) in [5, 5.41) is 12.1. The van der Waals surface area contributed by atoms with E-state index in [1.165, 1.54) is 6.08 Å². The fourth-order valence-corrected chi connectivity index (χ4v) is 2.81. The van der Waals surface area contributed by atoms with Crippen molar-refractivity contribution >= 4 is 27.9 Å². The summed E-state index contributed by atoms with van der Waals surface area (Å²) in [4.78, 5) is 12.2. The highest BCUT2D eigenvalue weighted by Gasteiger charge is 2.35. The van der Waals surface area contributed by atoms with Gasteiger partial charge in [0.2, 0.25) is 12.0 Å². The number of hydrogen-bond acceptors (Lipinski definition) is 3. The number of ether oxygens (including phenoxy) is 1. The Kier molecular flexibility index (Phi) is 4.45. The number of carbonyl (C=O) groups excluding carboxylic acids is 1. The van der Waals surface area contributed by atoms with Gasteiger partial charge in [0.05, 0.1) is 0 Å². The molecule has 2 aromatic rings. The second-order valence-corrected chi connectivity index (χ2v) is 6.00. The molecule has 0 saturated carbocycles. The predicted octanol–water partition coefficient (Wildman–Crippen LogP) is 3.60. The first kappa shape index (κ1) is 15.3. The molecule has 2 aromatic carbocycles. The number of amides is 1. The number of rotatable bonds is 3. The zero-order chi connectivity index (χ0) is 16.2. The molecule has 1 N–H and O–H groups in total. The van der Waals surface area contributed by atoms with Crippen molar-refractivity contribution in [2.75, 3.05) is 0 Å². The summed E-state index contributed by atoms with van der Waals surface area (Å²) in [6.45, 7) is 0. The van der Waals surface area contributed by atoms with Crippen LogP contribution in [-0.2, 0) is 4.79 Å². The molecule has 1 aliphatic rings. The summed E-state index contributed by atoms with van der Waals surface area (Å²) in [6.07, 6.45) is 2.46. The van der Waals surface area contributed by atoms with Crippen LogP contribution >= 0.6 is 15.9 Å². The van der Waals surface area contributed by atoms with Crippen molar-refractivity contribution in [1.29, 1.82) is 5.26 Å². The molecule has 1 amide bonds. The maximum absolute atomic E-state index is 12.2. The molecular formula is C18H13BrN2O2. The standard InChI is InChI=1S/C18H13BrN2O2/c19-13-7-8-15-14(10-13)18(16(11-20)23-15)21-17(22)9-6-12-4-2-1-3-5-12/h1-10,16,18H,(H,21,22)/b9-6+. The van der Waals surface area contributed by atoms with Crippen molar-refractivity contribution in [3.05, 3.63) is 70.2 Å². The molecule has 0 radical (unpaired) electrons. The normalized spacial score (nSPS) is 19.0. The first-order valence-electron chi connectivity index (χ1n) is 7.07. The average Bonchev–Trinajstić information content (AvgIpc) is 2.91. The lowest BCUT2D eigenvalue weighted by atomic mass is 10.0. The van der Waals surface area contributed by atoms with Crippen LogP contribution in [0, 0.1) is 11.3 Å². The third-order valence-corrected chi connectivity index (χ3v) is 4.01. The number of benzene rings is 2. The summed E-state index contributed by atoms with van der Waals surface area (Å²) in [7, 11) is 0. The highest BCUT2D eigenvalue weighted by molar-refractivity contribution is 9.10. The summed E-state index contributed by atoms with van der Waals surface area (Å²) in [5.74, 6) is 0.354. The van der Waals surface area contributed by atoms with E-state index in [1.54, 1.807) is 12.1 Å². The zero-order valence-corrected chi connectivity index (χ0v) is 13.7. The van der Waals surface area contributed by atoms with Crippen molar-refractivity contribution in [2.24, 2.45) is 0 Å². The van der Waals surface area contributed by atoms with Gasteiger partial charge in [0.15, 0.2) is 0 Å². The highest BCUT2D eigenvalue weighted by Crippen LogP contribution is 2.38. The minimum atomic E-state index is -0.728. The summed E-state index contributed by atoms with van der Waals surface area (Å²) in [5.41, 5.74) is 1.73. The van der Waals surface area contributed by atoms with Crippen LogP contribution < -0.4 is 10.1 Å². The maximum atomic E-state index is 12.2. The van der Waals surface area contributed by atoms with Crippen LogP contribution in [0.4, 0.5) is 0 Å². The zero-order valence-electron chi connectivity index (χ0n) is 12.1. The average molecular weight is 369 g/mol. The molecule has 0 aromatic heterocycles. The Bertz CT molecular complexity index is 796. The number of carbonyl (C=O) groups is 1. The molecule has 0 saturated heterocycles. The molecule has 0 aliphatic carbocycles. The van der Waals surface area contributed by atoms with Crippen molar-refractivity contribution in [3.63, 3.8) is 0 Å². The summed E-state index contributed by atoms with van der Waals surface area (Å²) < 4.78 is 6.44. The number of nitriles is 1. The van der Waals surface area contributed by atoms with Gasteiger partial charge in [-0.2, -0.15) is 5.26 Å². The number of hydrogen-bond donors (Lipinski definition) is 1. The first-order valence-corrected chi connectivity index (χ1v) is 7.86. The van der Waals surface area contributed by atoms with Gasteiger partial charge in [-0.1, -0.05) is 46.3 Å². The smallest absolute Gasteiger partial charge is 0.244 e. The van der Waals surface area contributed by atoms with E-state index in [0.29, 0.717) is 5.75 Å². The molecule has 1 aliphatic heterocycles. The van der Waals surface area contributed by atoms with Crippen LogP contribution in [0.5, 0.6) is 5.75 Å². The van der Waals surface area contributed by atoms with E-state index in [-0.39, 0.29) is 5.91 Å². The number of halogens is 1. The summed E-state index contributed by atoms with van der Waals surface area (Å²) >= 11 is 3.40. The molecule has 3 rings (SSSR count). The van der Waals surface area contributed by atoms with E-state index in [0.717, 1.165) is 15.6 Å². The third-order valence-electron chi connectivity index (χ3n) is 3.52. The predicted molar refractivity (Wildman–Crippen MR) is 90.5 cm³/mol. The molecule has 0 fully saturated rings. The van der Waals surface area contributed by atoms with Crippen LogP contribution in [0.1, 0.15) is 17.2 Å². The first-order chi connectivity index (χ1) is 11.2. The summed E-state index contributed by atoms with van der Waals surface area (Å²) in [6, 6.07) is 16.6. The molecule has 4 nitrogen and oxygen atoms in total. The fraction of sp³-hybridized carbons (Fsp3) is 0.111. The van der Waals surface area contributed by atoms with Gasteiger partial charge >= 0.3 is 0 Å². The minimum absolute atomic E-state index is 0.268. The van der Waals surface area contributed by atoms with Gasteiger partial charge in [0.25, 0.3) is 0 Å². The molecular weight excluding hydrogens is 356 g/mol. The van der Waals surface area contributed by atoms with Crippen molar-refractivity contribution in [3.8, 4) is 11.8 Å². The van der Waals surface area contributed by atoms with Crippen molar-refractivity contribution in [2.45, 2.75) is 12.1 Å². The molecule has 5 heteroatoms. The van der Waals surface area contributed by atoms with Crippen molar-refractivity contribution < 1.29 is 9.53 Å². The van der Waals surface area contributed by atoms with Crippen LogP contribution in [0.3, 0.4) is 0 Å². The van der Waals surface area contributed by atoms with Gasteiger partial charge in [-0.3, -0.25) is 4.79 Å². The van der Waals surface area contributed by atoms with Crippen LogP contribution in [0.25, 0.3) is 6.08 Å². The Morgan fingerprint density at radius 3 is 2.78 bits per heavy atom. The van der Waals surface area contributed by atoms with Gasteiger partial charge in [0, 0.05) is 16.1 Å². The minimum Gasteiger partial charge on any atom is -0.473 e. The Hall–Kier alpha value is -2.58. The van der Waals surface area contributed by atoms with E-state index in [2.05, 4.69) is 27.3 Å². The molecule has 23 heavy (non-hydrogen) atoms. The van der Waals surface area contributed by atoms with Crippen molar-refractivity contribution in [1.82, 2.24) is 5.32 Å². The second-order valence-electron chi connectivity index (χ2n) is 5.08. The lowest BCUT2D eigenvalue weighted by Gasteiger charge is -2.13. The Morgan fingerprint density at radius 1 is 1.26 bits per heavy atom. The fourth-order valence-electron chi connectivity index (χ4n) is 2.43. The van der Waals surface area contributed by atoms with Crippen LogP contribution in [0.15, 0.2) is 59.1 Å². The maximum Gasteiger partial charge on any atom is 0.244 e. The third kappa shape index (κ3) is 3.43. The lowest BCUT2D eigenvalue weighted by molar-refractivity contribution is -0.117. The Balaban J connectivity index is 1.76. The number of nitrogens with zero attached hydrogens (tertiary/aromatic N) is 1. The van der Waals surface area contributed by atoms with E-state index in [9.17, 15) is 10.1 Å².